The van der Waals surface area contributed by atoms with E-state index in [0.29, 0.717) is 18.9 Å². The molecule has 168 valence electrons. The molecule has 1 heterocycles. The predicted octanol–water partition coefficient (Wildman–Crippen LogP) is 6.64. The van der Waals surface area contributed by atoms with Gasteiger partial charge < -0.3 is 14.8 Å². The molecular formula is C27H37NO3. The van der Waals surface area contributed by atoms with Gasteiger partial charge in [-0.15, -0.1) is 0 Å². The first-order valence-electron chi connectivity index (χ1n) is 11.2. The van der Waals surface area contributed by atoms with Crippen molar-refractivity contribution in [1.29, 1.82) is 0 Å². The number of anilines is 1. The van der Waals surface area contributed by atoms with Crippen LogP contribution >= 0.6 is 0 Å². The van der Waals surface area contributed by atoms with Crippen LogP contribution < -0.4 is 14.8 Å². The lowest BCUT2D eigenvalue weighted by atomic mass is 9.85. The van der Waals surface area contributed by atoms with Crippen LogP contribution in [-0.2, 0) is 4.79 Å². The summed E-state index contributed by atoms with van der Waals surface area (Å²) in [4.78, 5) is 12.7. The molecule has 0 saturated carbocycles. The monoisotopic (exact) mass is 423 g/mol. The number of hydrogen-bond acceptors (Lipinski definition) is 3. The maximum absolute atomic E-state index is 12.7. The molecule has 1 aliphatic rings. The molecule has 2 aromatic carbocycles. The number of nitrogens with one attached hydrogen (secondary N) is 1. The van der Waals surface area contributed by atoms with Gasteiger partial charge >= 0.3 is 0 Å². The van der Waals surface area contributed by atoms with Gasteiger partial charge in [0.25, 0.3) is 0 Å². The Morgan fingerprint density at radius 3 is 2.42 bits per heavy atom. The zero-order chi connectivity index (χ0) is 23.1. The minimum Gasteiger partial charge on any atom is -0.496 e. The van der Waals surface area contributed by atoms with Crippen LogP contribution in [-0.4, -0.2) is 19.6 Å². The molecule has 0 aromatic heterocycles. The third-order valence-corrected chi connectivity index (χ3v) is 6.28. The molecule has 1 unspecified atom stereocenters. The van der Waals surface area contributed by atoms with E-state index in [4.69, 9.17) is 9.47 Å². The van der Waals surface area contributed by atoms with E-state index in [2.05, 4.69) is 78.9 Å². The maximum Gasteiger partial charge on any atom is 0.224 e. The number of carbonyl (C=O) groups excluding carboxylic acids is 1. The number of hydrogen-bond donors (Lipinski definition) is 1. The van der Waals surface area contributed by atoms with Crippen LogP contribution in [0.5, 0.6) is 11.5 Å². The first-order valence-corrected chi connectivity index (χ1v) is 11.2. The van der Waals surface area contributed by atoms with Gasteiger partial charge in [-0.05, 0) is 66.0 Å². The number of benzene rings is 2. The fraction of sp³-hybridized carbons (Fsp3) is 0.519. The van der Waals surface area contributed by atoms with Gasteiger partial charge in [-0.25, -0.2) is 0 Å². The normalized spacial score (nSPS) is 15.6. The SMILES string of the molecule is COc1cc(C2COc3c(C)c(C)c(NC(=O)CC(C)(C)C)c(C)c32)ccc1C(C)C. The molecule has 4 heteroatoms. The van der Waals surface area contributed by atoms with Crippen LogP contribution in [0.25, 0.3) is 0 Å². The average molecular weight is 424 g/mol. The summed E-state index contributed by atoms with van der Waals surface area (Å²) < 4.78 is 11.9. The van der Waals surface area contributed by atoms with E-state index in [1.165, 1.54) is 16.7 Å². The molecule has 0 bridgehead atoms. The van der Waals surface area contributed by atoms with Crippen LogP contribution in [0.3, 0.4) is 0 Å². The quantitative estimate of drug-likeness (QED) is 0.586. The highest BCUT2D eigenvalue weighted by Gasteiger charge is 2.33. The van der Waals surface area contributed by atoms with Crippen molar-refractivity contribution in [3.05, 3.63) is 51.6 Å². The Bertz CT molecular complexity index is 999. The zero-order valence-electron chi connectivity index (χ0n) is 20.5. The number of ether oxygens (including phenoxy) is 2. The second-order valence-electron chi connectivity index (χ2n) is 10.3. The zero-order valence-corrected chi connectivity index (χ0v) is 20.5. The molecular weight excluding hydrogens is 386 g/mol. The third-order valence-electron chi connectivity index (χ3n) is 6.28. The van der Waals surface area contributed by atoms with Gasteiger partial charge in [0.2, 0.25) is 5.91 Å². The van der Waals surface area contributed by atoms with Crippen LogP contribution in [0, 0.1) is 26.2 Å². The van der Waals surface area contributed by atoms with Crippen molar-refractivity contribution in [1.82, 2.24) is 0 Å². The van der Waals surface area contributed by atoms with E-state index in [9.17, 15) is 4.79 Å². The summed E-state index contributed by atoms with van der Waals surface area (Å²) in [6.07, 6.45) is 0.482. The van der Waals surface area contributed by atoms with E-state index >= 15 is 0 Å². The molecule has 0 radical (unpaired) electrons. The van der Waals surface area contributed by atoms with Crippen LogP contribution in [0.4, 0.5) is 5.69 Å². The fourth-order valence-corrected chi connectivity index (χ4v) is 4.54. The van der Waals surface area contributed by atoms with Gasteiger partial charge in [-0.3, -0.25) is 4.79 Å². The van der Waals surface area contributed by atoms with E-state index in [-0.39, 0.29) is 17.2 Å². The molecule has 3 rings (SSSR count). The predicted molar refractivity (Wildman–Crippen MR) is 128 cm³/mol. The summed E-state index contributed by atoms with van der Waals surface area (Å²) in [5, 5.41) is 3.21. The average Bonchev–Trinajstić information content (AvgIpc) is 3.13. The Labute approximate surface area is 187 Å². The van der Waals surface area contributed by atoms with Gasteiger partial charge in [-0.1, -0.05) is 46.8 Å². The standard InChI is InChI=1S/C27H37NO3/c1-15(2)20-11-10-19(12-22(20)30-9)21-14-31-26-17(4)16(3)25(18(5)24(21)26)28-23(29)13-27(6,7)8/h10-12,15,21H,13-14H2,1-9H3,(H,28,29). The summed E-state index contributed by atoms with van der Waals surface area (Å²) in [6.45, 7) is 17.4. The van der Waals surface area contributed by atoms with Gasteiger partial charge in [-0.2, -0.15) is 0 Å². The Morgan fingerprint density at radius 1 is 1.16 bits per heavy atom. The highest BCUT2D eigenvalue weighted by atomic mass is 16.5. The van der Waals surface area contributed by atoms with Crippen LogP contribution in [0.2, 0.25) is 0 Å². The largest absolute Gasteiger partial charge is 0.496 e. The highest BCUT2D eigenvalue weighted by Crippen LogP contribution is 2.47. The minimum absolute atomic E-state index is 0.0523. The van der Waals surface area contributed by atoms with E-state index in [0.717, 1.165) is 33.9 Å². The molecule has 4 nitrogen and oxygen atoms in total. The number of methoxy groups -OCH3 is 1. The molecule has 1 amide bonds. The second kappa shape index (κ2) is 8.57. The van der Waals surface area contributed by atoms with E-state index in [1.54, 1.807) is 7.11 Å². The molecule has 1 atom stereocenters. The number of carbonyl (C=O) groups is 1. The summed E-state index contributed by atoms with van der Waals surface area (Å²) >= 11 is 0. The Balaban J connectivity index is 2.05. The van der Waals surface area contributed by atoms with Crippen molar-refractivity contribution in [2.45, 2.75) is 73.6 Å². The summed E-state index contributed by atoms with van der Waals surface area (Å²) in [5.74, 6) is 2.44. The van der Waals surface area contributed by atoms with Gasteiger partial charge in [0.05, 0.1) is 13.7 Å². The van der Waals surface area contributed by atoms with Gasteiger partial charge in [0.1, 0.15) is 11.5 Å². The second-order valence-corrected chi connectivity index (χ2v) is 10.3. The molecule has 31 heavy (non-hydrogen) atoms. The lowest BCUT2D eigenvalue weighted by Gasteiger charge is -2.22. The Hall–Kier alpha value is -2.49. The van der Waals surface area contributed by atoms with Crippen LogP contribution in [0.1, 0.15) is 86.3 Å². The molecule has 1 N–H and O–H groups in total. The summed E-state index contributed by atoms with van der Waals surface area (Å²) in [6, 6.07) is 6.50. The Kier molecular flexibility index (Phi) is 6.40. The highest BCUT2D eigenvalue weighted by molar-refractivity contribution is 5.93. The van der Waals surface area contributed by atoms with E-state index < -0.39 is 0 Å². The van der Waals surface area contributed by atoms with Crippen molar-refractivity contribution < 1.29 is 14.3 Å². The van der Waals surface area contributed by atoms with Crippen molar-refractivity contribution in [2.75, 3.05) is 19.0 Å². The lowest BCUT2D eigenvalue weighted by molar-refractivity contribution is -0.117. The van der Waals surface area contributed by atoms with Crippen molar-refractivity contribution in [3.8, 4) is 11.5 Å². The molecule has 0 spiro atoms. The van der Waals surface area contributed by atoms with E-state index in [1.807, 2.05) is 0 Å². The first-order chi connectivity index (χ1) is 14.4. The fourth-order valence-electron chi connectivity index (χ4n) is 4.54. The number of fused-ring (bicyclic) bond motifs is 1. The third kappa shape index (κ3) is 4.58. The van der Waals surface area contributed by atoms with Gasteiger partial charge in [0.15, 0.2) is 0 Å². The topological polar surface area (TPSA) is 47.6 Å². The minimum atomic E-state index is -0.0575. The molecule has 0 fully saturated rings. The van der Waals surface area contributed by atoms with Crippen LogP contribution in [0.15, 0.2) is 18.2 Å². The lowest BCUT2D eigenvalue weighted by Crippen LogP contribution is -2.21. The smallest absolute Gasteiger partial charge is 0.224 e. The summed E-state index contributed by atoms with van der Waals surface area (Å²) in [7, 11) is 1.73. The molecule has 0 saturated heterocycles. The summed E-state index contributed by atoms with van der Waals surface area (Å²) in [5.41, 5.74) is 7.69. The molecule has 2 aromatic rings. The van der Waals surface area contributed by atoms with Crippen molar-refractivity contribution in [3.63, 3.8) is 0 Å². The Morgan fingerprint density at radius 2 is 1.84 bits per heavy atom. The van der Waals surface area contributed by atoms with Crippen molar-refractivity contribution in [2.24, 2.45) is 5.41 Å². The maximum atomic E-state index is 12.7. The van der Waals surface area contributed by atoms with Crippen molar-refractivity contribution >= 4 is 11.6 Å². The number of rotatable bonds is 5. The van der Waals surface area contributed by atoms with Gasteiger partial charge in [0, 0.05) is 23.6 Å². The number of amides is 1. The molecule has 0 aliphatic carbocycles. The first kappa shape index (κ1) is 23.2. The molecule has 1 aliphatic heterocycles.